The van der Waals surface area contributed by atoms with Crippen LogP contribution < -0.4 is 4.90 Å². The highest BCUT2D eigenvalue weighted by atomic mass is 35.5. The first kappa shape index (κ1) is 20.1. The Balaban J connectivity index is 1.72. The number of anilines is 1. The number of hydrogen-bond donors (Lipinski definition) is 0. The van der Waals surface area contributed by atoms with Crippen molar-refractivity contribution in [2.75, 3.05) is 18.1 Å². The molecule has 0 bridgehead atoms. The van der Waals surface area contributed by atoms with Crippen LogP contribution in [0.5, 0.6) is 0 Å². The fourth-order valence-corrected chi connectivity index (χ4v) is 4.48. The number of aromatic nitrogens is 1. The lowest BCUT2D eigenvalue weighted by molar-refractivity contribution is -0.137. The van der Waals surface area contributed by atoms with Crippen LogP contribution in [0.1, 0.15) is 28.8 Å². The molecule has 1 aliphatic heterocycles. The molecule has 1 atom stereocenters. The molecular formula is C20H16ClF3N2O2S. The summed E-state index contributed by atoms with van der Waals surface area (Å²) in [5.74, 6) is -0.545. The third-order valence-corrected chi connectivity index (χ3v) is 5.94. The van der Waals surface area contributed by atoms with Gasteiger partial charge >= 0.3 is 6.18 Å². The lowest BCUT2D eigenvalue weighted by Crippen LogP contribution is -2.37. The van der Waals surface area contributed by atoms with E-state index >= 15 is 0 Å². The average Bonchev–Trinajstić information content (AvgIpc) is 3.34. The van der Waals surface area contributed by atoms with E-state index in [-0.39, 0.29) is 18.2 Å². The van der Waals surface area contributed by atoms with Gasteiger partial charge in [0.15, 0.2) is 5.13 Å². The van der Waals surface area contributed by atoms with Crippen LogP contribution in [0.4, 0.5) is 18.3 Å². The molecule has 2 aromatic carbocycles. The summed E-state index contributed by atoms with van der Waals surface area (Å²) in [5.41, 5.74) is -0.241. The first-order valence-electron chi connectivity index (χ1n) is 8.98. The summed E-state index contributed by atoms with van der Waals surface area (Å²) < 4.78 is 45.7. The Labute approximate surface area is 173 Å². The van der Waals surface area contributed by atoms with E-state index in [1.54, 1.807) is 18.2 Å². The van der Waals surface area contributed by atoms with E-state index in [2.05, 4.69) is 4.98 Å². The molecule has 3 aromatic rings. The number of rotatable bonds is 4. The molecule has 0 saturated carbocycles. The molecule has 1 unspecified atom stereocenters. The van der Waals surface area contributed by atoms with Crippen LogP contribution in [0.3, 0.4) is 0 Å². The molecule has 1 aliphatic rings. The molecule has 1 amide bonds. The zero-order chi connectivity index (χ0) is 20.6. The van der Waals surface area contributed by atoms with Gasteiger partial charge in [0.2, 0.25) is 0 Å². The van der Waals surface area contributed by atoms with Crippen molar-refractivity contribution in [3.05, 3.63) is 58.6 Å². The predicted molar refractivity (Wildman–Crippen MR) is 107 cm³/mol. The minimum atomic E-state index is -4.53. The SMILES string of the molecule is O=C(c1cccc(C(F)(F)F)c1)N(CC1CCCO1)c1nc2ccc(Cl)cc2s1. The fraction of sp³-hybridized carbons (Fsp3) is 0.300. The monoisotopic (exact) mass is 440 g/mol. The molecule has 1 fully saturated rings. The smallest absolute Gasteiger partial charge is 0.376 e. The van der Waals surface area contributed by atoms with Gasteiger partial charge in [-0.25, -0.2) is 4.98 Å². The summed E-state index contributed by atoms with van der Waals surface area (Å²) in [4.78, 5) is 19.1. The molecule has 2 heterocycles. The number of amides is 1. The van der Waals surface area contributed by atoms with E-state index in [0.717, 1.165) is 29.7 Å². The Morgan fingerprint density at radius 2 is 2.10 bits per heavy atom. The summed E-state index contributed by atoms with van der Waals surface area (Å²) in [6.07, 6.45) is -3.04. The molecule has 1 saturated heterocycles. The number of benzene rings is 2. The summed E-state index contributed by atoms with van der Waals surface area (Å²) in [5, 5.41) is 0.947. The molecule has 1 aromatic heterocycles. The lowest BCUT2D eigenvalue weighted by atomic mass is 10.1. The molecule has 0 N–H and O–H groups in total. The maximum Gasteiger partial charge on any atom is 0.416 e. The Hall–Kier alpha value is -2.16. The Morgan fingerprint density at radius 3 is 2.83 bits per heavy atom. The Morgan fingerprint density at radius 1 is 1.28 bits per heavy atom. The van der Waals surface area contributed by atoms with Gasteiger partial charge in [0.05, 0.1) is 28.4 Å². The van der Waals surface area contributed by atoms with Gasteiger partial charge in [0.1, 0.15) is 0 Å². The number of carbonyl (C=O) groups excluding carboxylic acids is 1. The number of carbonyl (C=O) groups is 1. The van der Waals surface area contributed by atoms with Crippen molar-refractivity contribution in [2.24, 2.45) is 0 Å². The number of hydrogen-bond acceptors (Lipinski definition) is 4. The number of ether oxygens (including phenoxy) is 1. The molecule has 4 rings (SSSR count). The van der Waals surface area contributed by atoms with Crippen LogP contribution in [0.15, 0.2) is 42.5 Å². The molecule has 152 valence electrons. The maximum absolute atomic E-state index is 13.2. The van der Waals surface area contributed by atoms with Gasteiger partial charge in [-0.1, -0.05) is 29.0 Å². The second kappa shape index (κ2) is 7.93. The van der Waals surface area contributed by atoms with Gasteiger partial charge in [-0.3, -0.25) is 9.69 Å². The van der Waals surface area contributed by atoms with Gasteiger partial charge < -0.3 is 4.74 Å². The molecule has 0 spiro atoms. The molecule has 9 heteroatoms. The van der Waals surface area contributed by atoms with Gasteiger partial charge in [-0.05, 0) is 49.2 Å². The van der Waals surface area contributed by atoms with Crippen LogP contribution in [0.25, 0.3) is 10.2 Å². The first-order chi connectivity index (χ1) is 13.8. The largest absolute Gasteiger partial charge is 0.416 e. The quantitative estimate of drug-likeness (QED) is 0.515. The van der Waals surface area contributed by atoms with Crippen molar-refractivity contribution < 1.29 is 22.7 Å². The fourth-order valence-electron chi connectivity index (χ4n) is 3.23. The standard InChI is InChI=1S/C20H16ClF3N2O2S/c21-14-6-7-16-17(10-14)29-19(25-16)26(11-15-5-2-8-28-15)18(27)12-3-1-4-13(9-12)20(22,23)24/h1,3-4,6-7,9-10,15H,2,5,8,11H2. The number of nitrogens with zero attached hydrogens (tertiary/aromatic N) is 2. The minimum absolute atomic E-state index is 0.0462. The highest BCUT2D eigenvalue weighted by molar-refractivity contribution is 7.22. The lowest BCUT2D eigenvalue weighted by Gasteiger charge is -2.23. The molecular weight excluding hydrogens is 425 g/mol. The number of alkyl halides is 3. The highest BCUT2D eigenvalue weighted by Crippen LogP contribution is 2.34. The molecule has 0 aliphatic carbocycles. The highest BCUT2D eigenvalue weighted by Gasteiger charge is 2.32. The van der Waals surface area contributed by atoms with E-state index in [1.165, 1.54) is 28.4 Å². The summed E-state index contributed by atoms with van der Waals surface area (Å²) >= 11 is 7.30. The second-order valence-electron chi connectivity index (χ2n) is 6.74. The Kier molecular flexibility index (Phi) is 5.50. The van der Waals surface area contributed by atoms with Crippen LogP contribution in [-0.4, -0.2) is 30.1 Å². The predicted octanol–water partition coefficient (Wildman–Crippen LogP) is 5.79. The van der Waals surface area contributed by atoms with Crippen molar-refractivity contribution in [1.29, 1.82) is 0 Å². The van der Waals surface area contributed by atoms with Crippen molar-refractivity contribution in [2.45, 2.75) is 25.1 Å². The third-order valence-electron chi connectivity index (χ3n) is 4.66. The van der Waals surface area contributed by atoms with Crippen molar-refractivity contribution in [3.8, 4) is 0 Å². The number of fused-ring (bicyclic) bond motifs is 1. The van der Waals surface area contributed by atoms with E-state index in [0.29, 0.717) is 22.3 Å². The molecule has 29 heavy (non-hydrogen) atoms. The second-order valence-corrected chi connectivity index (χ2v) is 8.18. The first-order valence-corrected chi connectivity index (χ1v) is 10.2. The summed E-state index contributed by atoms with van der Waals surface area (Å²) in [7, 11) is 0. The maximum atomic E-state index is 13.2. The number of halogens is 4. The van der Waals surface area contributed by atoms with Gasteiger partial charge in [0.25, 0.3) is 5.91 Å². The average molecular weight is 441 g/mol. The van der Waals surface area contributed by atoms with Crippen LogP contribution in [0, 0.1) is 0 Å². The van der Waals surface area contributed by atoms with E-state index in [9.17, 15) is 18.0 Å². The van der Waals surface area contributed by atoms with Crippen LogP contribution in [-0.2, 0) is 10.9 Å². The molecule has 4 nitrogen and oxygen atoms in total. The van der Waals surface area contributed by atoms with E-state index in [1.807, 2.05) is 0 Å². The Bertz CT molecular complexity index is 1050. The van der Waals surface area contributed by atoms with Gasteiger partial charge in [0, 0.05) is 17.2 Å². The minimum Gasteiger partial charge on any atom is -0.376 e. The zero-order valence-electron chi connectivity index (χ0n) is 15.1. The van der Waals surface area contributed by atoms with Crippen LogP contribution in [0.2, 0.25) is 5.02 Å². The normalized spacial score (nSPS) is 17.0. The summed E-state index contributed by atoms with van der Waals surface area (Å²) in [6.45, 7) is 0.828. The topological polar surface area (TPSA) is 42.4 Å². The van der Waals surface area contributed by atoms with Crippen molar-refractivity contribution in [1.82, 2.24) is 4.98 Å². The zero-order valence-corrected chi connectivity index (χ0v) is 16.7. The van der Waals surface area contributed by atoms with Crippen LogP contribution >= 0.6 is 22.9 Å². The van der Waals surface area contributed by atoms with Gasteiger partial charge in [-0.15, -0.1) is 0 Å². The van der Waals surface area contributed by atoms with Gasteiger partial charge in [-0.2, -0.15) is 13.2 Å². The van der Waals surface area contributed by atoms with E-state index < -0.39 is 17.6 Å². The van der Waals surface area contributed by atoms with Crippen molar-refractivity contribution >= 4 is 44.2 Å². The number of thiazole rings is 1. The third kappa shape index (κ3) is 4.39. The van der Waals surface area contributed by atoms with Crippen molar-refractivity contribution in [3.63, 3.8) is 0 Å². The molecule has 0 radical (unpaired) electrons. The summed E-state index contributed by atoms with van der Waals surface area (Å²) in [6, 6.07) is 9.62. The van der Waals surface area contributed by atoms with E-state index in [4.69, 9.17) is 16.3 Å².